The molecule has 0 aromatic rings. The first-order valence-corrected chi connectivity index (χ1v) is 7.31. The van der Waals surface area contributed by atoms with Gasteiger partial charge in [0.1, 0.15) is 0 Å². The molecule has 0 saturated carbocycles. The number of ether oxygens (including phenoxy) is 1. The molecule has 0 spiro atoms. The minimum Gasteiger partial charge on any atom is -0.374 e. The van der Waals surface area contributed by atoms with Crippen LogP contribution in [0.25, 0.3) is 0 Å². The van der Waals surface area contributed by atoms with Gasteiger partial charge in [-0.15, -0.1) is 0 Å². The molecule has 2 unspecified atom stereocenters. The van der Waals surface area contributed by atoms with E-state index in [1.807, 2.05) is 0 Å². The SMILES string of the molecule is CCCNC1CCCN(CC2(C)CCCO2)C1. The molecule has 0 aliphatic carbocycles. The lowest BCUT2D eigenvalue weighted by molar-refractivity contribution is -0.0152. The summed E-state index contributed by atoms with van der Waals surface area (Å²) in [4.78, 5) is 2.60. The fraction of sp³-hybridized carbons (Fsp3) is 1.00. The van der Waals surface area contributed by atoms with Gasteiger partial charge in [-0.2, -0.15) is 0 Å². The normalized spacial score (nSPS) is 35.3. The van der Waals surface area contributed by atoms with Crippen molar-refractivity contribution < 1.29 is 4.74 Å². The Morgan fingerprint density at radius 1 is 1.41 bits per heavy atom. The molecule has 2 heterocycles. The molecule has 2 fully saturated rings. The second-order valence-electron chi connectivity index (χ2n) is 5.93. The van der Waals surface area contributed by atoms with Crippen LogP contribution in [0.3, 0.4) is 0 Å². The largest absolute Gasteiger partial charge is 0.374 e. The molecule has 2 atom stereocenters. The number of hydrogen-bond donors (Lipinski definition) is 1. The molecule has 0 amide bonds. The maximum Gasteiger partial charge on any atom is 0.0781 e. The molecule has 1 N–H and O–H groups in total. The summed E-state index contributed by atoms with van der Waals surface area (Å²) in [5, 5.41) is 3.66. The van der Waals surface area contributed by atoms with Crippen LogP contribution in [0.15, 0.2) is 0 Å². The van der Waals surface area contributed by atoms with E-state index >= 15 is 0 Å². The predicted octanol–water partition coefficient (Wildman–Crippen LogP) is 2.02. The molecule has 2 rings (SSSR count). The van der Waals surface area contributed by atoms with Gasteiger partial charge in [-0.05, 0) is 52.1 Å². The molecule has 0 radical (unpaired) electrons. The van der Waals surface area contributed by atoms with E-state index < -0.39 is 0 Å². The van der Waals surface area contributed by atoms with Crippen molar-refractivity contribution in [3.8, 4) is 0 Å². The maximum absolute atomic E-state index is 5.90. The summed E-state index contributed by atoms with van der Waals surface area (Å²) < 4.78 is 5.90. The first-order valence-electron chi connectivity index (χ1n) is 7.31. The molecule has 100 valence electrons. The van der Waals surface area contributed by atoms with E-state index in [1.165, 1.54) is 45.2 Å². The Bertz CT molecular complexity index is 226. The van der Waals surface area contributed by atoms with Gasteiger partial charge < -0.3 is 10.1 Å². The Kier molecular flexibility index (Phi) is 4.83. The zero-order valence-electron chi connectivity index (χ0n) is 11.5. The van der Waals surface area contributed by atoms with E-state index in [0.717, 1.165) is 19.7 Å². The highest BCUT2D eigenvalue weighted by molar-refractivity contribution is 4.87. The lowest BCUT2D eigenvalue weighted by Crippen LogP contribution is -2.50. The Morgan fingerprint density at radius 2 is 2.29 bits per heavy atom. The van der Waals surface area contributed by atoms with Crippen LogP contribution in [0.1, 0.15) is 46.0 Å². The van der Waals surface area contributed by atoms with Crippen molar-refractivity contribution in [1.82, 2.24) is 10.2 Å². The van der Waals surface area contributed by atoms with Gasteiger partial charge in [0.05, 0.1) is 5.60 Å². The highest BCUT2D eigenvalue weighted by Gasteiger charge is 2.33. The summed E-state index contributed by atoms with van der Waals surface area (Å²) in [5.74, 6) is 0. The molecule has 17 heavy (non-hydrogen) atoms. The van der Waals surface area contributed by atoms with Crippen LogP contribution in [0.4, 0.5) is 0 Å². The standard InChI is InChI=1S/C14H28N2O/c1-3-8-15-13-6-4-9-16(11-13)12-14(2)7-5-10-17-14/h13,15H,3-12H2,1-2H3. The van der Waals surface area contributed by atoms with Crippen LogP contribution >= 0.6 is 0 Å². The topological polar surface area (TPSA) is 24.5 Å². The summed E-state index contributed by atoms with van der Waals surface area (Å²) >= 11 is 0. The second kappa shape index (κ2) is 6.17. The van der Waals surface area contributed by atoms with Crippen molar-refractivity contribution in [1.29, 1.82) is 0 Å². The maximum atomic E-state index is 5.90. The number of nitrogens with one attached hydrogen (secondary N) is 1. The van der Waals surface area contributed by atoms with Crippen molar-refractivity contribution in [3.63, 3.8) is 0 Å². The molecule has 3 heteroatoms. The monoisotopic (exact) mass is 240 g/mol. The van der Waals surface area contributed by atoms with Crippen molar-refractivity contribution in [2.45, 2.75) is 57.6 Å². The minimum atomic E-state index is 0.132. The van der Waals surface area contributed by atoms with Crippen molar-refractivity contribution in [2.75, 3.05) is 32.8 Å². The highest BCUT2D eigenvalue weighted by atomic mass is 16.5. The van der Waals surface area contributed by atoms with Crippen molar-refractivity contribution >= 4 is 0 Å². The molecule has 2 aliphatic heterocycles. The van der Waals surface area contributed by atoms with Gasteiger partial charge in [0.2, 0.25) is 0 Å². The molecular weight excluding hydrogens is 212 g/mol. The van der Waals surface area contributed by atoms with E-state index in [2.05, 4.69) is 24.1 Å². The lowest BCUT2D eigenvalue weighted by atomic mass is 9.99. The Balaban J connectivity index is 1.76. The number of piperidine rings is 1. The molecule has 2 aliphatic rings. The van der Waals surface area contributed by atoms with Crippen LogP contribution in [0.5, 0.6) is 0 Å². The van der Waals surface area contributed by atoms with Gasteiger partial charge in [0, 0.05) is 25.7 Å². The number of nitrogens with zero attached hydrogens (tertiary/aromatic N) is 1. The van der Waals surface area contributed by atoms with Crippen molar-refractivity contribution in [3.05, 3.63) is 0 Å². The minimum absolute atomic E-state index is 0.132. The Morgan fingerprint density at radius 3 is 3.00 bits per heavy atom. The fourth-order valence-electron chi connectivity index (χ4n) is 3.15. The molecule has 0 bridgehead atoms. The first-order chi connectivity index (χ1) is 8.22. The third-order valence-corrected chi connectivity index (χ3v) is 4.05. The van der Waals surface area contributed by atoms with E-state index in [0.29, 0.717) is 6.04 Å². The van der Waals surface area contributed by atoms with E-state index in [4.69, 9.17) is 4.74 Å². The second-order valence-corrected chi connectivity index (χ2v) is 5.93. The van der Waals surface area contributed by atoms with Crippen LogP contribution in [0, 0.1) is 0 Å². The van der Waals surface area contributed by atoms with Crippen LogP contribution in [0.2, 0.25) is 0 Å². The van der Waals surface area contributed by atoms with Crippen molar-refractivity contribution in [2.24, 2.45) is 0 Å². The zero-order valence-corrected chi connectivity index (χ0v) is 11.5. The van der Waals surface area contributed by atoms with Gasteiger partial charge >= 0.3 is 0 Å². The lowest BCUT2D eigenvalue weighted by Gasteiger charge is -2.37. The predicted molar refractivity (Wildman–Crippen MR) is 71.3 cm³/mol. The fourth-order valence-corrected chi connectivity index (χ4v) is 3.15. The average Bonchev–Trinajstić information content (AvgIpc) is 2.73. The van der Waals surface area contributed by atoms with Gasteiger partial charge in [-0.25, -0.2) is 0 Å². The number of hydrogen-bond acceptors (Lipinski definition) is 3. The Hall–Kier alpha value is -0.120. The summed E-state index contributed by atoms with van der Waals surface area (Å²) in [6.45, 7) is 10.2. The summed E-state index contributed by atoms with van der Waals surface area (Å²) in [5.41, 5.74) is 0.132. The smallest absolute Gasteiger partial charge is 0.0781 e. The summed E-state index contributed by atoms with van der Waals surface area (Å²) in [7, 11) is 0. The number of rotatable bonds is 5. The molecule has 0 aromatic heterocycles. The molecule has 3 nitrogen and oxygen atoms in total. The quantitative estimate of drug-likeness (QED) is 0.795. The average molecular weight is 240 g/mol. The van der Waals surface area contributed by atoms with Gasteiger partial charge in [-0.1, -0.05) is 6.92 Å². The summed E-state index contributed by atoms with van der Waals surface area (Å²) in [6, 6.07) is 0.703. The van der Waals surface area contributed by atoms with E-state index in [9.17, 15) is 0 Å². The van der Waals surface area contributed by atoms with Gasteiger partial charge in [0.25, 0.3) is 0 Å². The van der Waals surface area contributed by atoms with E-state index in [-0.39, 0.29) is 5.60 Å². The highest BCUT2D eigenvalue weighted by Crippen LogP contribution is 2.27. The zero-order chi connectivity index (χ0) is 12.1. The third-order valence-electron chi connectivity index (χ3n) is 4.05. The molecule has 0 aromatic carbocycles. The van der Waals surface area contributed by atoms with Gasteiger partial charge in [-0.3, -0.25) is 4.90 Å². The summed E-state index contributed by atoms with van der Waals surface area (Å²) in [6.07, 6.45) is 6.38. The Labute approximate surface area is 106 Å². The van der Waals surface area contributed by atoms with Gasteiger partial charge in [0.15, 0.2) is 0 Å². The third kappa shape index (κ3) is 3.94. The van der Waals surface area contributed by atoms with Crippen LogP contribution in [-0.4, -0.2) is 49.3 Å². The van der Waals surface area contributed by atoms with Crippen LogP contribution < -0.4 is 5.32 Å². The number of likely N-dealkylation sites (tertiary alicyclic amines) is 1. The van der Waals surface area contributed by atoms with E-state index in [1.54, 1.807) is 0 Å². The molecular formula is C14H28N2O. The first kappa shape index (κ1) is 13.3. The molecule has 2 saturated heterocycles. The van der Waals surface area contributed by atoms with Crippen LogP contribution in [-0.2, 0) is 4.74 Å².